The van der Waals surface area contributed by atoms with E-state index in [-0.39, 0.29) is 18.0 Å². The Morgan fingerprint density at radius 2 is 1.61 bits per heavy atom. The third-order valence-electron chi connectivity index (χ3n) is 7.23. The van der Waals surface area contributed by atoms with Crippen LogP contribution in [0.4, 0.5) is 5.69 Å². The highest BCUT2D eigenvalue weighted by Crippen LogP contribution is 2.20. The van der Waals surface area contributed by atoms with Crippen LogP contribution >= 0.6 is 0 Å². The van der Waals surface area contributed by atoms with Crippen LogP contribution in [-0.4, -0.2) is 66.7 Å². The summed E-state index contributed by atoms with van der Waals surface area (Å²) in [5, 5.41) is 3.35. The third kappa shape index (κ3) is 7.43. The largest absolute Gasteiger partial charge is 0.497 e. The number of aromatic nitrogens is 2. The first kappa shape index (κ1) is 29.6. The summed E-state index contributed by atoms with van der Waals surface area (Å²) in [5.41, 5.74) is 2.17. The molecule has 4 aromatic rings. The summed E-state index contributed by atoms with van der Waals surface area (Å²) in [7, 11) is 1.67. The number of methoxy groups -OCH3 is 1. The van der Waals surface area contributed by atoms with Gasteiger partial charge in [0.05, 0.1) is 18.0 Å². The number of nitrogens with one attached hydrogen (secondary N) is 2. The first-order valence-electron chi connectivity index (χ1n) is 14.2. The number of aryl methyl sites for hydroxylation is 1. The number of amides is 1. The van der Waals surface area contributed by atoms with Crippen molar-refractivity contribution in [1.29, 1.82) is 0 Å². The maximum Gasteiger partial charge on any atom is 0.328 e. The Bertz CT molecular complexity index is 1540. The Morgan fingerprint density at radius 3 is 2.29 bits per heavy atom. The lowest BCUT2D eigenvalue weighted by molar-refractivity contribution is 0.0948. The highest BCUT2D eigenvalue weighted by atomic mass is 16.5. The molecule has 0 atom stereocenters. The molecule has 9 nitrogen and oxygen atoms in total. The third-order valence-corrected chi connectivity index (χ3v) is 7.23. The lowest BCUT2D eigenvalue weighted by atomic mass is 10.1. The van der Waals surface area contributed by atoms with Crippen molar-refractivity contribution in [3.05, 3.63) is 105 Å². The number of anilines is 1. The summed E-state index contributed by atoms with van der Waals surface area (Å²) >= 11 is 0. The molecule has 1 saturated heterocycles. The lowest BCUT2D eigenvalue weighted by Crippen LogP contribution is -2.48. The van der Waals surface area contributed by atoms with E-state index in [1.807, 2.05) is 56.3 Å². The zero-order chi connectivity index (χ0) is 29.2. The van der Waals surface area contributed by atoms with Crippen molar-refractivity contribution in [3.63, 3.8) is 0 Å². The van der Waals surface area contributed by atoms with Gasteiger partial charge in [0.25, 0.3) is 11.5 Å². The normalized spacial score (nSPS) is 13.4. The van der Waals surface area contributed by atoms with Gasteiger partial charge >= 0.3 is 5.69 Å². The Labute approximate surface area is 240 Å². The number of H-pyrrole nitrogens is 1. The second-order valence-electron chi connectivity index (χ2n) is 9.67. The Morgan fingerprint density at radius 1 is 0.902 bits per heavy atom. The molecule has 0 saturated carbocycles. The van der Waals surface area contributed by atoms with Crippen molar-refractivity contribution in [3.8, 4) is 5.75 Å². The molecule has 1 aliphatic heterocycles. The van der Waals surface area contributed by atoms with E-state index in [0.29, 0.717) is 29.4 Å². The van der Waals surface area contributed by atoms with Gasteiger partial charge in [-0.2, -0.15) is 0 Å². The van der Waals surface area contributed by atoms with Crippen molar-refractivity contribution in [2.75, 3.05) is 51.3 Å². The van der Waals surface area contributed by atoms with E-state index in [2.05, 4.69) is 32.2 Å². The van der Waals surface area contributed by atoms with Crippen LogP contribution in [-0.2, 0) is 13.0 Å². The first-order valence-corrected chi connectivity index (χ1v) is 14.2. The molecule has 1 amide bonds. The molecule has 0 bridgehead atoms. The van der Waals surface area contributed by atoms with Gasteiger partial charge in [-0.25, -0.2) is 4.79 Å². The summed E-state index contributed by atoms with van der Waals surface area (Å²) in [4.78, 5) is 45.8. The molecule has 41 heavy (non-hydrogen) atoms. The fourth-order valence-electron chi connectivity index (χ4n) is 4.94. The van der Waals surface area contributed by atoms with Gasteiger partial charge in [0.15, 0.2) is 0 Å². The van der Waals surface area contributed by atoms with Crippen LogP contribution in [0.2, 0.25) is 0 Å². The number of piperazine rings is 1. The zero-order valence-electron chi connectivity index (χ0n) is 24.1. The second-order valence-corrected chi connectivity index (χ2v) is 9.67. The van der Waals surface area contributed by atoms with Gasteiger partial charge in [-0.15, -0.1) is 0 Å². The second kappa shape index (κ2) is 14.3. The van der Waals surface area contributed by atoms with Crippen LogP contribution in [0.25, 0.3) is 10.9 Å². The smallest absolute Gasteiger partial charge is 0.328 e. The Kier molecular flexibility index (Phi) is 10.3. The summed E-state index contributed by atoms with van der Waals surface area (Å²) in [6.45, 7) is 9.20. The first-order chi connectivity index (χ1) is 20.0. The average Bonchev–Trinajstić information content (AvgIpc) is 3.02. The van der Waals surface area contributed by atoms with Crippen molar-refractivity contribution in [1.82, 2.24) is 19.8 Å². The van der Waals surface area contributed by atoms with Gasteiger partial charge in [0, 0.05) is 57.1 Å². The topological polar surface area (TPSA) is 99.7 Å². The molecule has 216 valence electrons. The number of hydrogen-bond donors (Lipinski definition) is 2. The number of ether oxygens (including phenoxy) is 1. The molecular weight excluding hydrogens is 518 g/mol. The Hall–Kier alpha value is -4.37. The highest BCUT2D eigenvalue weighted by Gasteiger charge is 2.18. The van der Waals surface area contributed by atoms with Gasteiger partial charge in [-0.1, -0.05) is 44.2 Å². The molecule has 1 aliphatic rings. The molecule has 9 heteroatoms. The van der Waals surface area contributed by atoms with Gasteiger partial charge in [-0.05, 0) is 54.4 Å². The quantitative estimate of drug-likeness (QED) is 0.327. The van der Waals surface area contributed by atoms with E-state index in [9.17, 15) is 14.4 Å². The summed E-state index contributed by atoms with van der Waals surface area (Å²) in [6, 6.07) is 22.6. The van der Waals surface area contributed by atoms with Crippen LogP contribution in [0, 0.1) is 0 Å². The molecule has 0 aliphatic carbocycles. The van der Waals surface area contributed by atoms with Crippen LogP contribution in [0.3, 0.4) is 0 Å². The van der Waals surface area contributed by atoms with E-state index in [1.54, 1.807) is 25.3 Å². The van der Waals surface area contributed by atoms with Crippen molar-refractivity contribution in [2.45, 2.75) is 26.8 Å². The fraction of sp³-hybridized carbons (Fsp3) is 0.344. The minimum Gasteiger partial charge on any atom is -0.497 e. The predicted octanol–water partition coefficient (Wildman–Crippen LogP) is 3.52. The Balaban J connectivity index is 0.00000189. The maximum atomic E-state index is 13.0. The maximum absolute atomic E-state index is 13.0. The molecule has 2 N–H and O–H groups in total. The van der Waals surface area contributed by atoms with Crippen molar-refractivity contribution < 1.29 is 9.53 Å². The molecule has 0 radical (unpaired) electrons. The molecule has 1 aromatic heterocycles. The van der Waals surface area contributed by atoms with E-state index in [0.717, 1.165) is 44.0 Å². The molecule has 0 spiro atoms. The predicted molar refractivity (Wildman–Crippen MR) is 164 cm³/mol. The average molecular weight is 558 g/mol. The molecule has 0 unspecified atom stereocenters. The standard InChI is InChI=1S/C30H33N5O4.C2H6/c1-39-25-10-8-24(9-11-25)34-19-17-33(18-20-34)16-14-31-28(36)23-7-12-26-27(21-23)32-30(38)35(29(26)37)15-13-22-5-3-2-4-6-22;1-2/h2-12,21H,13-20H2,1H3,(H,31,36)(H,32,38);1-2H3. The number of carbonyl (C=O) groups excluding carboxylic acids is 1. The van der Waals surface area contributed by atoms with E-state index in [1.165, 1.54) is 10.3 Å². The fourth-order valence-corrected chi connectivity index (χ4v) is 4.94. The molecular formula is C32H39N5O4. The number of benzene rings is 3. The van der Waals surface area contributed by atoms with Gasteiger partial charge in [0.1, 0.15) is 5.75 Å². The van der Waals surface area contributed by atoms with Crippen LogP contribution in [0.1, 0.15) is 29.8 Å². The van der Waals surface area contributed by atoms with Gasteiger partial charge in [0.2, 0.25) is 0 Å². The minimum atomic E-state index is -0.477. The highest BCUT2D eigenvalue weighted by molar-refractivity contribution is 5.97. The molecule has 1 fully saturated rings. The SMILES string of the molecule is CC.COc1ccc(N2CCN(CCNC(=O)c3ccc4c(=O)n(CCc5ccccc5)c(=O)[nH]c4c3)CC2)cc1. The number of rotatable bonds is 9. The lowest BCUT2D eigenvalue weighted by Gasteiger charge is -2.36. The van der Waals surface area contributed by atoms with E-state index >= 15 is 0 Å². The van der Waals surface area contributed by atoms with Crippen LogP contribution < -0.4 is 26.2 Å². The van der Waals surface area contributed by atoms with Crippen molar-refractivity contribution in [2.24, 2.45) is 0 Å². The molecule has 5 rings (SSSR count). The number of nitrogens with zero attached hydrogens (tertiary/aromatic N) is 3. The van der Waals surface area contributed by atoms with Gasteiger partial charge in [-0.3, -0.25) is 19.1 Å². The monoisotopic (exact) mass is 557 g/mol. The number of aromatic amines is 1. The number of hydrogen-bond acceptors (Lipinski definition) is 6. The zero-order valence-corrected chi connectivity index (χ0v) is 24.1. The summed E-state index contributed by atoms with van der Waals surface area (Å²) in [5.74, 6) is 0.615. The van der Waals surface area contributed by atoms with Gasteiger partial charge < -0.3 is 19.9 Å². The molecule has 2 heterocycles. The minimum absolute atomic E-state index is 0.233. The summed E-state index contributed by atoms with van der Waals surface area (Å²) < 4.78 is 6.45. The van der Waals surface area contributed by atoms with E-state index < -0.39 is 5.69 Å². The number of carbonyl (C=O) groups is 1. The van der Waals surface area contributed by atoms with Crippen molar-refractivity contribution >= 4 is 22.5 Å². The number of fused-ring (bicyclic) bond motifs is 1. The summed E-state index contributed by atoms with van der Waals surface area (Å²) in [6.07, 6.45) is 0.576. The van der Waals surface area contributed by atoms with Crippen LogP contribution in [0.5, 0.6) is 5.75 Å². The van der Waals surface area contributed by atoms with Crippen LogP contribution in [0.15, 0.2) is 82.4 Å². The van der Waals surface area contributed by atoms with E-state index in [4.69, 9.17) is 4.74 Å². The molecule has 3 aromatic carbocycles.